The molecule has 0 saturated carbocycles. The van der Waals surface area contributed by atoms with Gasteiger partial charge >= 0.3 is 0 Å². The molecule has 2 aromatic rings. The van der Waals surface area contributed by atoms with E-state index in [0.717, 1.165) is 6.26 Å². The van der Waals surface area contributed by atoms with Gasteiger partial charge in [-0.2, -0.15) is 8.42 Å². The Morgan fingerprint density at radius 2 is 1.50 bits per heavy atom. The highest BCUT2D eigenvalue weighted by atomic mass is 35.5. The highest BCUT2D eigenvalue weighted by molar-refractivity contribution is 7.86. The van der Waals surface area contributed by atoms with Gasteiger partial charge in [-0.15, -0.1) is 0 Å². The fraction of sp³-hybridized carbons (Fsp3) is 0.316. The van der Waals surface area contributed by atoms with Gasteiger partial charge in [-0.05, 0) is 25.0 Å². The Hall–Kier alpha value is -1.40. The highest BCUT2D eigenvalue weighted by Crippen LogP contribution is 2.43. The Kier molecular flexibility index (Phi) is 6.86. The molecule has 0 aromatic heterocycles. The summed E-state index contributed by atoms with van der Waals surface area (Å²) in [6.45, 7) is 3.78. The van der Waals surface area contributed by atoms with Crippen LogP contribution in [0.3, 0.4) is 0 Å². The van der Waals surface area contributed by atoms with Crippen molar-refractivity contribution in [1.29, 1.82) is 0 Å². The molecule has 140 valence electrons. The second-order valence-corrected chi connectivity index (χ2v) is 9.14. The average Bonchev–Trinajstić information content (AvgIpc) is 2.58. The van der Waals surface area contributed by atoms with E-state index < -0.39 is 20.6 Å². The molecule has 0 saturated heterocycles. The zero-order chi connectivity index (χ0) is 19.4. The van der Waals surface area contributed by atoms with Crippen LogP contribution in [0.2, 0.25) is 0 Å². The molecule has 0 N–H and O–H groups in total. The van der Waals surface area contributed by atoms with Gasteiger partial charge in [0, 0.05) is 6.04 Å². The molecule has 7 heteroatoms. The standard InChI is InChI=1S/C19H21Cl2NO3S/c1-14(2)22-17(15-10-6-4-7-11-15)19(20,21)18(25-26(3,23)24)16-12-8-5-9-13-16/h4-14,18H,1-3H3. The van der Waals surface area contributed by atoms with E-state index in [1.807, 2.05) is 50.2 Å². The highest BCUT2D eigenvalue weighted by Gasteiger charge is 2.44. The molecule has 0 spiro atoms. The summed E-state index contributed by atoms with van der Waals surface area (Å²) in [7, 11) is -3.82. The molecule has 0 radical (unpaired) electrons. The number of halogens is 2. The average molecular weight is 414 g/mol. The van der Waals surface area contributed by atoms with E-state index in [1.165, 1.54) is 0 Å². The molecule has 26 heavy (non-hydrogen) atoms. The Morgan fingerprint density at radius 3 is 1.96 bits per heavy atom. The number of aliphatic imine (C=N–C) groups is 1. The van der Waals surface area contributed by atoms with Crippen LogP contribution in [0.1, 0.15) is 31.1 Å². The first-order valence-electron chi connectivity index (χ1n) is 8.06. The summed E-state index contributed by atoms with van der Waals surface area (Å²) >= 11 is 13.5. The van der Waals surface area contributed by atoms with Gasteiger partial charge in [-0.3, -0.25) is 9.18 Å². The van der Waals surface area contributed by atoms with Crippen molar-refractivity contribution >= 4 is 39.0 Å². The lowest BCUT2D eigenvalue weighted by molar-refractivity contribution is 0.216. The van der Waals surface area contributed by atoms with E-state index in [2.05, 4.69) is 4.99 Å². The van der Waals surface area contributed by atoms with E-state index in [4.69, 9.17) is 27.4 Å². The van der Waals surface area contributed by atoms with Gasteiger partial charge in [0.15, 0.2) is 4.33 Å². The molecule has 2 rings (SSSR count). The van der Waals surface area contributed by atoms with Crippen LogP contribution >= 0.6 is 23.2 Å². The number of hydrogen-bond acceptors (Lipinski definition) is 4. The molecule has 4 nitrogen and oxygen atoms in total. The summed E-state index contributed by atoms with van der Waals surface area (Å²) in [5, 5.41) is 0. The van der Waals surface area contributed by atoms with Gasteiger partial charge < -0.3 is 0 Å². The van der Waals surface area contributed by atoms with Gasteiger partial charge in [0.05, 0.1) is 12.0 Å². The number of hydrogen-bond donors (Lipinski definition) is 0. The minimum absolute atomic E-state index is 0.100. The van der Waals surface area contributed by atoms with Crippen LogP contribution in [0.25, 0.3) is 0 Å². The van der Waals surface area contributed by atoms with Gasteiger partial charge in [0.2, 0.25) is 0 Å². The van der Waals surface area contributed by atoms with Crippen molar-refractivity contribution in [3.05, 3.63) is 71.8 Å². The lowest BCUT2D eigenvalue weighted by Crippen LogP contribution is -2.37. The largest absolute Gasteiger partial charge is 0.283 e. The predicted octanol–water partition coefficient (Wildman–Crippen LogP) is 4.78. The van der Waals surface area contributed by atoms with Crippen molar-refractivity contribution in [3.63, 3.8) is 0 Å². The molecule has 0 fully saturated rings. The Labute approximate surface area is 164 Å². The monoisotopic (exact) mass is 413 g/mol. The third kappa shape index (κ3) is 5.55. The maximum atomic E-state index is 11.9. The smallest absolute Gasteiger partial charge is 0.265 e. The van der Waals surface area contributed by atoms with Crippen molar-refractivity contribution in [1.82, 2.24) is 0 Å². The van der Waals surface area contributed by atoms with Crippen molar-refractivity contribution in [2.24, 2.45) is 4.99 Å². The van der Waals surface area contributed by atoms with Crippen LogP contribution in [0.15, 0.2) is 65.7 Å². The normalized spacial score (nSPS) is 14.5. The first kappa shape index (κ1) is 20.9. The number of benzene rings is 2. The maximum absolute atomic E-state index is 11.9. The van der Waals surface area contributed by atoms with E-state index >= 15 is 0 Å². The third-order valence-electron chi connectivity index (χ3n) is 3.45. The lowest BCUT2D eigenvalue weighted by atomic mass is 9.98. The van der Waals surface area contributed by atoms with Gasteiger partial charge in [0.25, 0.3) is 10.1 Å². The Balaban J connectivity index is 2.62. The quantitative estimate of drug-likeness (QED) is 0.372. The Morgan fingerprint density at radius 1 is 1.00 bits per heavy atom. The molecule has 1 atom stereocenters. The van der Waals surface area contributed by atoms with Crippen LogP contribution in [0, 0.1) is 0 Å². The number of nitrogens with zero attached hydrogens (tertiary/aromatic N) is 1. The molecule has 1 unspecified atom stereocenters. The van der Waals surface area contributed by atoms with E-state index in [0.29, 0.717) is 16.8 Å². The second kappa shape index (κ2) is 8.53. The molecule has 0 aliphatic carbocycles. The summed E-state index contributed by atoms with van der Waals surface area (Å²) < 4.78 is 27.3. The minimum atomic E-state index is -3.82. The van der Waals surface area contributed by atoms with Gasteiger partial charge in [-0.1, -0.05) is 83.9 Å². The molecular formula is C19H21Cl2NO3S. The predicted molar refractivity (Wildman–Crippen MR) is 108 cm³/mol. The summed E-state index contributed by atoms with van der Waals surface area (Å²) in [6, 6.07) is 17.9. The fourth-order valence-corrected chi connectivity index (χ4v) is 3.83. The molecule has 0 heterocycles. The summed E-state index contributed by atoms with van der Waals surface area (Å²) in [5.74, 6) is 0. The zero-order valence-electron chi connectivity index (χ0n) is 14.8. The first-order valence-corrected chi connectivity index (χ1v) is 10.6. The number of alkyl halides is 2. The third-order valence-corrected chi connectivity index (χ3v) is 4.75. The summed E-state index contributed by atoms with van der Waals surface area (Å²) in [5.41, 5.74) is 1.59. The van der Waals surface area contributed by atoms with E-state index in [9.17, 15) is 8.42 Å². The van der Waals surface area contributed by atoms with Crippen molar-refractivity contribution in [2.75, 3.05) is 6.26 Å². The lowest BCUT2D eigenvalue weighted by Gasteiger charge is -2.31. The van der Waals surface area contributed by atoms with Crippen LogP contribution in [-0.4, -0.2) is 30.8 Å². The van der Waals surface area contributed by atoms with Gasteiger partial charge in [-0.25, -0.2) is 0 Å². The Bertz CT molecular complexity index is 851. The molecule has 0 aliphatic rings. The van der Waals surface area contributed by atoms with Crippen LogP contribution < -0.4 is 0 Å². The SMILES string of the molecule is CC(C)N=C(c1ccccc1)C(Cl)(Cl)C(OS(C)(=O)=O)c1ccccc1. The fourth-order valence-electron chi connectivity index (χ4n) is 2.46. The second-order valence-electron chi connectivity index (χ2n) is 6.15. The number of rotatable bonds is 7. The first-order chi connectivity index (χ1) is 12.1. The van der Waals surface area contributed by atoms with Crippen molar-refractivity contribution in [3.8, 4) is 0 Å². The van der Waals surface area contributed by atoms with Crippen LogP contribution in [-0.2, 0) is 14.3 Å². The van der Waals surface area contributed by atoms with Crippen LogP contribution in [0.4, 0.5) is 0 Å². The van der Waals surface area contributed by atoms with Gasteiger partial charge in [0.1, 0.15) is 6.10 Å². The topological polar surface area (TPSA) is 55.7 Å². The molecule has 0 aliphatic heterocycles. The molecule has 0 bridgehead atoms. The molecule has 2 aromatic carbocycles. The maximum Gasteiger partial charge on any atom is 0.265 e. The molecular weight excluding hydrogens is 393 g/mol. The summed E-state index contributed by atoms with van der Waals surface area (Å²) in [6.07, 6.45) is -0.186. The minimum Gasteiger partial charge on any atom is -0.283 e. The van der Waals surface area contributed by atoms with Crippen molar-refractivity contribution < 1.29 is 12.6 Å². The molecule has 0 amide bonds. The van der Waals surface area contributed by atoms with Crippen molar-refractivity contribution in [2.45, 2.75) is 30.3 Å². The summed E-state index contributed by atoms with van der Waals surface area (Å²) in [4.78, 5) is 4.57. The van der Waals surface area contributed by atoms with Crippen LogP contribution in [0.5, 0.6) is 0 Å². The zero-order valence-corrected chi connectivity index (χ0v) is 17.1. The van der Waals surface area contributed by atoms with E-state index in [-0.39, 0.29) is 6.04 Å². The van der Waals surface area contributed by atoms with E-state index in [1.54, 1.807) is 24.3 Å².